The van der Waals surface area contributed by atoms with E-state index >= 15 is 0 Å². The van der Waals surface area contributed by atoms with Gasteiger partial charge in [-0.15, -0.1) is 0 Å². The summed E-state index contributed by atoms with van der Waals surface area (Å²) >= 11 is 8.41. The summed E-state index contributed by atoms with van der Waals surface area (Å²) in [5.74, 6) is 1.59. The molecule has 8 heteroatoms. The third-order valence-electron chi connectivity index (χ3n) is 4.39. The lowest BCUT2D eigenvalue weighted by Crippen LogP contribution is -2.17. The van der Waals surface area contributed by atoms with Crippen LogP contribution in [0.25, 0.3) is 0 Å². The molecular weight excluding hydrogens is 543 g/mol. The molecule has 0 atom stereocenters. The number of carbonyl (C=O) groups is 1. The van der Waals surface area contributed by atoms with E-state index in [0.29, 0.717) is 41.0 Å². The zero-order valence-electron chi connectivity index (χ0n) is 17.6. The van der Waals surface area contributed by atoms with Gasteiger partial charge in [0.1, 0.15) is 12.4 Å². The fourth-order valence-electron chi connectivity index (χ4n) is 2.80. The fourth-order valence-corrected chi connectivity index (χ4v) is 3.77. The second-order valence-corrected chi connectivity index (χ2v) is 8.14. The van der Waals surface area contributed by atoms with E-state index in [9.17, 15) is 4.79 Å². The van der Waals surface area contributed by atoms with Crippen molar-refractivity contribution >= 4 is 46.3 Å². The van der Waals surface area contributed by atoms with Crippen LogP contribution >= 0.6 is 34.2 Å². The highest BCUT2D eigenvalue weighted by Gasteiger charge is 2.13. The van der Waals surface area contributed by atoms with Gasteiger partial charge in [-0.05, 0) is 77.5 Å². The Kier molecular flexibility index (Phi) is 8.75. The van der Waals surface area contributed by atoms with Crippen LogP contribution < -0.4 is 19.6 Å². The van der Waals surface area contributed by atoms with Crippen LogP contribution in [0, 0.1) is 3.57 Å². The van der Waals surface area contributed by atoms with Crippen molar-refractivity contribution in [1.29, 1.82) is 0 Å². The number of hydrogen-bond donors (Lipinski definition) is 1. The van der Waals surface area contributed by atoms with Gasteiger partial charge in [-0.3, -0.25) is 4.79 Å². The molecule has 0 heterocycles. The monoisotopic (exact) mass is 564 g/mol. The lowest BCUT2D eigenvalue weighted by molar-refractivity contribution is 0.0955. The number of nitrogens with one attached hydrogen (secondary N) is 1. The fraction of sp³-hybridized carbons (Fsp3) is 0.167. The predicted octanol–water partition coefficient (Wildman–Crippen LogP) is 5.69. The molecule has 0 saturated carbocycles. The number of halogens is 2. The van der Waals surface area contributed by atoms with Gasteiger partial charge < -0.3 is 14.2 Å². The molecular formula is C24H22ClIN2O4. The molecule has 3 aromatic carbocycles. The topological polar surface area (TPSA) is 69.2 Å². The molecule has 0 aromatic heterocycles. The summed E-state index contributed by atoms with van der Waals surface area (Å²) in [4.78, 5) is 12.2. The van der Waals surface area contributed by atoms with Crippen molar-refractivity contribution in [3.63, 3.8) is 0 Å². The van der Waals surface area contributed by atoms with Gasteiger partial charge in [0.25, 0.3) is 5.91 Å². The van der Waals surface area contributed by atoms with Gasteiger partial charge >= 0.3 is 0 Å². The van der Waals surface area contributed by atoms with Crippen LogP contribution in [0.2, 0.25) is 5.02 Å². The number of methoxy groups -OCH3 is 1. The van der Waals surface area contributed by atoms with Crippen LogP contribution in [0.4, 0.5) is 0 Å². The van der Waals surface area contributed by atoms with Crippen molar-refractivity contribution < 1.29 is 19.0 Å². The van der Waals surface area contributed by atoms with E-state index in [1.165, 1.54) is 0 Å². The van der Waals surface area contributed by atoms with E-state index in [2.05, 4.69) is 33.1 Å². The van der Waals surface area contributed by atoms with E-state index < -0.39 is 0 Å². The Bertz CT molecular complexity index is 1100. The number of benzene rings is 3. The molecule has 3 aromatic rings. The number of rotatable bonds is 9. The maximum absolute atomic E-state index is 12.2. The van der Waals surface area contributed by atoms with Gasteiger partial charge in [-0.25, -0.2) is 5.43 Å². The van der Waals surface area contributed by atoms with Crippen molar-refractivity contribution in [3.05, 3.63) is 85.9 Å². The van der Waals surface area contributed by atoms with Gasteiger partial charge in [0.2, 0.25) is 0 Å². The van der Waals surface area contributed by atoms with Gasteiger partial charge in [-0.2, -0.15) is 5.10 Å². The Hall–Kier alpha value is -2.78. The average molecular weight is 565 g/mol. The Morgan fingerprint density at radius 2 is 1.88 bits per heavy atom. The molecule has 0 bridgehead atoms. The van der Waals surface area contributed by atoms with E-state index in [4.69, 9.17) is 25.8 Å². The average Bonchev–Trinajstić information content (AvgIpc) is 2.80. The van der Waals surface area contributed by atoms with Crippen LogP contribution in [-0.4, -0.2) is 25.8 Å². The van der Waals surface area contributed by atoms with Crippen LogP contribution in [-0.2, 0) is 6.61 Å². The molecule has 0 unspecified atom stereocenters. The lowest BCUT2D eigenvalue weighted by Gasteiger charge is -2.15. The van der Waals surface area contributed by atoms with Crippen molar-refractivity contribution in [3.8, 4) is 17.2 Å². The summed E-state index contributed by atoms with van der Waals surface area (Å²) in [7, 11) is 1.57. The molecule has 6 nitrogen and oxygen atoms in total. The first-order valence-corrected chi connectivity index (χ1v) is 11.3. The summed E-state index contributed by atoms with van der Waals surface area (Å²) in [6.45, 7) is 2.70. The Labute approximate surface area is 205 Å². The minimum atomic E-state index is -0.316. The Balaban J connectivity index is 1.71. The largest absolute Gasteiger partial charge is 0.497 e. The molecule has 166 valence electrons. The number of hydrazone groups is 1. The van der Waals surface area contributed by atoms with E-state index in [0.717, 1.165) is 14.7 Å². The minimum Gasteiger partial charge on any atom is -0.497 e. The molecule has 0 aliphatic rings. The van der Waals surface area contributed by atoms with Crippen LogP contribution in [0.1, 0.15) is 28.4 Å². The van der Waals surface area contributed by atoms with E-state index in [1.807, 2.05) is 43.3 Å². The molecule has 32 heavy (non-hydrogen) atoms. The van der Waals surface area contributed by atoms with Gasteiger partial charge in [0.15, 0.2) is 11.5 Å². The summed E-state index contributed by atoms with van der Waals surface area (Å²) in [6, 6.07) is 18.0. The number of ether oxygens (including phenoxy) is 3. The van der Waals surface area contributed by atoms with Crippen molar-refractivity contribution in [1.82, 2.24) is 5.43 Å². The first-order valence-electron chi connectivity index (χ1n) is 9.81. The first kappa shape index (κ1) is 23.9. The van der Waals surface area contributed by atoms with Crippen molar-refractivity contribution in [2.45, 2.75) is 13.5 Å². The number of amides is 1. The maximum atomic E-state index is 12.2. The highest BCUT2D eigenvalue weighted by Crippen LogP contribution is 2.35. The molecule has 1 amide bonds. The van der Waals surface area contributed by atoms with Gasteiger partial charge in [-0.1, -0.05) is 29.8 Å². The second-order valence-electron chi connectivity index (χ2n) is 6.57. The predicted molar refractivity (Wildman–Crippen MR) is 134 cm³/mol. The number of nitrogens with zero attached hydrogens (tertiary/aromatic N) is 1. The summed E-state index contributed by atoms with van der Waals surface area (Å²) in [5.41, 5.74) is 4.66. The third-order valence-corrected chi connectivity index (χ3v) is 5.56. The molecule has 0 aliphatic carbocycles. The highest BCUT2D eigenvalue weighted by atomic mass is 127. The molecule has 0 radical (unpaired) electrons. The number of hydrogen-bond acceptors (Lipinski definition) is 5. The summed E-state index contributed by atoms with van der Waals surface area (Å²) < 4.78 is 17.7. The molecule has 0 fully saturated rings. The zero-order chi connectivity index (χ0) is 22.9. The Morgan fingerprint density at radius 3 is 2.56 bits per heavy atom. The van der Waals surface area contributed by atoms with Crippen LogP contribution in [0.3, 0.4) is 0 Å². The van der Waals surface area contributed by atoms with Gasteiger partial charge in [0, 0.05) is 16.1 Å². The Morgan fingerprint density at radius 1 is 1.12 bits per heavy atom. The zero-order valence-corrected chi connectivity index (χ0v) is 20.5. The van der Waals surface area contributed by atoms with Crippen molar-refractivity contribution in [2.75, 3.05) is 13.7 Å². The highest BCUT2D eigenvalue weighted by molar-refractivity contribution is 14.1. The van der Waals surface area contributed by atoms with Crippen molar-refractivity contribution in [2.24, 2.45) is 5.10 Å². The smallest absolute Gasteiger partial charge is 0.271 e. The standard InChI is InChI=1S/C24H22ClIN2O4/c1-3-31-22-13-16(14-27-28-24(29)17-8-10-19(30-2)11-9-17)12-21(26)23(22)32-15-18-6-4-5-7-20(18)25/h4-14H,3,15H2,1-2H3,(H,28,29)/b27-14-. The van der Waals surface area contributed by atoms with Gasteiger partial charge in [0.05, 0.1) is 23.5 Å². The second kappa shape index (κ2) is 11.7. The summed E-state index contributed by atoms with van der Waals surface area (Å²) in [6.07, 6.45) is 1.56. The quantitative estimate of drug-likeness (QED) is 0.206. The molecule has 3 rings (SSSR count). The molecule has 0 aliphatic heterocycles. The molecule has 0 spiro atoms. The summed E-state index contributed by atoms with van der Waals surface area (Å²) in [5, 5.41) is 4.71. The van der Waals surface area contributed by atoms with E-state index in [1.54, 1.807) is 37.6 Å². The third kappa shape index (κ3) is 6.37. The SMILES string of the molecule is CCOc1cc(/C=N\NC(=O)c2ccc(OC)cc2)cc(I)c1OCc1ccccc1Cl. The van der Waals surface area contributed by atoms with Crippen LogP contribution in [0.5, 0.6) is 17.2 Å². The van der Waals surface area contributed by atoms with Crippen LogP contribution in [0.15, 0.2) is 65.8 Å². The number of carbonyl (C=O) groups excluding carboxylic acids is 1. The lowest BCUT2D eigenvalue weighted by atomic mass is 10.2. The first-order chi connectivity index (χ1) is 15.5. The minimum absolute atomic E-state index is 0.316. The maximum Gasteiger partial charge on any atom is 0.271 e. The molecule has 0 saturated heterocycles. The normalized spacial score (nSPS) is 10.8. The van der Waals surface area contributed by atoms with E-state index in [-0.39, 0.29) is 5.91 Å². The molecule has 1 N–H and O–H groups in total.